The lowest BCUT2D eigenvalue weighted by molar-refractivity contribution is -0.384. The minimum absolute atomic E-state index is 0.0230. The predicted molar refractivity (Wildman–Crippen MR) is 114 cm³/mol. The van der Waals surface area contributed by atoms with Crippen LogP contribution in [0.5, 0.6) is 5.75 Å². The van der Waals surface area contributed by atoms with Crippen molar-refractivity contribution in [3.8, 4) is 5.75 Å². The molecule has 30 heavy (non-hydrogen) atoms. The number of carbonyl (C=O) groups is 2. The third kappa shape index (κ3) is 4.90. The van der Waals surface area contributed by atoms with Crippen molar-refractivity contribution in [3.63, 3.8) is 0 Å². The molecule has 0 radical (unpaired) electrons. The number of benzene rings is 2. The van der Waals surface area contributed by atoms with E-state index in [-0.39, 0.29) is 40.3 Å². The molecule has 2 N–H and O–H groups in total. The summed E-state index contributed by atoms with van der Waals surface area (Å²) in [4.78, 5) is 35.0. The molecule has 9 nitrogen and oxygen atoms in total. The molecule has 2 aromatic rings. The molecule has 10 heteroatoms. The van der Waals surface area contributed by atoms with E-state index in [4.69, 9.17) is 0 Å². The molecule has 2 aromatic carbocycles. The van der Waals surface area contributed by atoms with Crippen LogP contribution in [0.15, 0.2) is 46.6 Å². The fraction of sp³-hybridized carbons (Fsp3) is 0.200. The molecule has 0 spiro atoms. The molecule has 1 aliphatic heterocycles. The number of non-ortho nitro benzene ring substituents is 1. The van der Waals surface area contributed by atoms with E-state index in [1.165, 1.54) is 12.1 Å². The van der Waals surface area contributed by atoms with Gasteiger partial charge in [0.15, 0.2) is 11.0 Å². The number of carbonyl (C=O) groups excluding carboxylic acids is 2. The van der Waals surface area contributed by atoms with Crippen LogP contribution in [0.25, 0.3) is 0 Å². The minimum atomic E-state index is -0.627. The minimum Gasteiger partial charge on any atom is -0.507 e. The summed E-state index contributed by atoms with van der Waals surface area (Å²) in [5.74, 6) is -0.662. The number of hydrogen-bond acceptors (Lipinski definition) is 8. The molecule has 1 heterocycles. The Kier molecular flexibility index (Phi) is 6.26. The van der Waals surface area contributed by atoms with Gasteiger partial charge in [-0.2, -0.15) is 5.10 Å². The number of nitrogens with one attached hydrogen (secondary N) is 1. The molecule has 154 valence electrons. The Hall–Kier alpha value is -3.53. The van der Waals surface area contributed by atoms with Crippen LogP contribution >= 0.6 is 11.8 Å². The van der Waals surface area contributed by atoms with Crippen molar-refractivity contribution >= 4 is 40.5 Å². The maximum absolute atomic E-state index is 12.6. The number of phenolic OH excluding ortho intramolecular Hbond substituents is 1. The zero-order valence-electron chi connectivity index (χ0n) is 16.2. The Morgan fingerprint density at radius 3 is 2.80 bits per heavy atom. The molecular weight excluding hydrogens is 408 g/mol. The van der Waals surface area contributed by atoms with Gasteiger partial charge in [0.2, 0.25) is 5.91 Å². The second kappa shape index (κ2) is 8.87. The van der Waals surface area contributed by atoms with Crippen LogP contribution in [0.1, 0.15) is 33.5 Å². The quantitative estimate of drug-likeness (QED) is 0.315. The summed E-state index contributed by atoms with van der Waals surface area (Å²) in [6.45, 7) is 3.74. The second-order valence-corrected chi connectivity index (χ2v) is 7.88. The molecule has 1 unspecified atom stereocenters. The molecule has 1 amide bonds. The standard InChI is InChI=1S/C20H18N4O5S/c1-11-3-4-12(2)15(7-11)17(26)9-18-19(27)22-20(30-18)23-21-10-13-8-14(24(28)29)5-6-16(13)25/h3-8,10,18,25H,9H2,1-2H3,(H,22,23,27)/b21-10+. The van der Waals surface area contributed by atoms with Gasteiger partial charge in [0, 0.05) is 29.7 Å². The third-order valence-corrected chi connectivity index (χ3v) is 5.48. The average molecular weight is 426 g/mol. The van der Waals surface area contributed by atoms with Gasteiger partial charge in [0.1, 0.15) is 5.75 Å². The molecule has 1 fully saturated rings. The number of Topliss-reactive ketones (excluding diaryl/α,β-unsaturated/α-hetero) is 1. The van der Waals surface area contributed by atoms with Gasteiger partial charge >= 0.3 is 0 Å². The molecule has 1 saturated heterocycles. The van der Waals surface area contributed by atoms with Crippen LogP contribution in [0.4, 0.5) is 5.69 Å². The Morgan fingerprint density at radius 2 is 2.07 bits per heavy atom. The second-order valence-electron chi connectivity index (χ2n) is 6.69. The van der Waals surface area contributed by atoms with E-state index >= 15 is 0 Å². The molecule has 0 aromatic heterocycles. The lowest BCUT2D eigenvalue weighted by atomic mass is 9.99. The Labute approximate surface area is 176 Å². The van der Waals surface area contributed by atoms with E-state index in [1.807, 2.05) is 26.0 Å². The highest BCUT2D eigenvalue weighted by atomic mass is 32.2. The summed E-state index contributed by atoms with van der Waals surface area (Å²) < 4.78 is 0. The number of rotatable bonds is 6. The number of aryl methyl sites for hydroxylation is 2. The molecule has 0 bridgehead atoms. The van der Waals surface area contributed by atoms with Crippen molar-refractivity contribution in [2.24, 2.45) is 10.2 Å². The van der Waals surface area contributed by atoms with Gasteiger partial charge in [-0.15, -0.1) is 5.10 Å². The highest BCUT2D eigenvalue weighted by Gasteiger charge is 2.32. The molecule has 1 aliphatic rings. The number of hydrogen-bond donors (Lipinski definition) is 2. The van der Waals surface area contributed by atoms with Gasteiger partial charge in [0.05, 0.1) is 16.4 Å². The van der Waals surface area contributed by atoms with Crippen LogP contribution in [0.2, 0.25) is 0 Å². The van der Waals surface area contributed by atoms with E-state index in [1.54, 1.807) is 6.07 Å². The van der Waals surface area contributed by atoms with Gasteiger partial charge in [-0.05, 0) is 31.5 Å². The van der Waals surface area contributed by atoms with Crippen LogP contribution in [-0.2, 0) is 4.79 Å². The number of thioether (sulfide) groups is 1. The number of nitro benzene ring substituents is 1. The SMILES string of the molecule is Cc1ccc(C)c(C(=O)CC2S/C(=N\N=C\c3cc([N+](=O)[O-])ccc3O)NC2=O)c1. The van der Waals surface area contributed by atoms with Gasteiger partial charge in [-0.25, -0.2) is 0 Å². The monoisotopic (exact) mass is 426 g/mol. The molecule has 1 atom stereocenters. The van der Waals surface area contributed by atoms with Crippen molar-refractivity contribution in [3.05, 3.63) is 68.8 Å². The number of phenols is 1. The van der Waals surface area contributed by atoms with Crippen molar-refractivity contribution < 1.29 is 19.6 Å². The molecule has 3 rings (SSSR count). The summed E-state index contributed by atoms with van der Waals surface area (Å²) in [5, 5.41) is 30.4. The number of nitro groups is 1. The first-order valence-electron chi connectivity index (χ1n) is 8.91. The molecular formula is C20H18N4O5S. The third-order valence-electron chi connectivity index (χ3n) is 4.41. The van der Waals surface area contributed by atoms with E-state index in [0.717, 1.165) is 35.2 Å². The Morgan fingerprint density at radius 1 is 1.30 bits per heavy atom. The zero-order valence-corrected chi connectivity index (χ0v) is 17.0. The van der Waals surface area contributed by atoms with Gasteiger partial charge < -0.3 is 10.4 Å². The fourth-order valence-electron chi connectivity index (χ4n) is 2.80. The van der Waals surface area contributed by atoms with Crippen molar-refractivity contribution in [1.82, 2.24) is 5.32 Å². The summed E-state index contributed by atoms with van der Waals surface area (Å²) >= 11 is 1.08. The number of amidine groups is 1. The predicted octanol–water partition coefficient (Wildman–Crippen LogP) is 3.11. The first-order chi connectivity index (χ1) is 14.2. The summed E-state index contributed by atoms with van der Waals surface area (Å²) in [6, 6.07) is 9.11. The Balaban J connectivity index is 1.68. The van der Waals surface area contributed by atoms with Crippen molar-refractivity contribution in [2.45, 2.75) is 25.5 Å². The van der Waals surface area contributed by atoms with Crippen LogP contribution < -0.4 is 5.32 Å². The molecule has 0 saturated carbocycles. The maximum Gasteiger partial charge on any atom is 0.270 e. The van der Waals surface area contributed by atoms with Crippen molar-refractivity contribution in [1.29, 1.82) is 0 Å². The molecule has 0 aliphatic carbocycles. The first kappa shape index (κ1) is 21.2. The van der Waals surface area contributed by atoms with E-state index in [9.17, 15) is 24.8 Å². The maximum atomic E-state index is 12.6. The Bertz CT molecular complexity index is 1100. The number of nitrogens with zero attached hydrogens (tertiary/aromatic N) is 3. The van der Waals surface area contributed by atoms with Gasteiger partial charge in [-0.1, -0.05) is 29.5 Å². The number of aromatic hydroxyl groups is 1. The first-order valence-corrected chi connectivity index (χ1v) is 9.79. The van der Waals surface area contributed by atoms with Gasteiger partial charge in [-0.3, -0.25) is 19.7 Å². The fourth-order valence-corrected chi connectivity index (χ4v) is 3.73. The highest BCUT2D eigenvalue weighted by molar-refractivity contribution is 8.15. The normalized spacial score (nSPS) is 17.5. The lowest BCUT2D eigenvalue weighted by Crippen LogP contribution is -2.26. The largest absolute Gasteiger partial charge is 0.507 e. The van der Waals surface area contributed by atoms with E-state index in [0.29, 0.717) is 5.56 Å². The van der Waals surface area contributed by atoms with E-state index < -0.39 is 10.2 Å². The smallest absolute Gasteiger partial charge is 0.270 e. The van der Waals surface area contributed by atoms with Crippen LogP contribution in [-0.4, -0.2) is 38.4 Å². The topological polar surface area (TPSA) is 134 Å². The average Bonchev–Trinajstić information content (AvgIpc) is 3.04. The highest BCUT2D eigenvalue weighted by Crippen LogP contribution is 2.25. The lowest BCUT2D eigenvalue weighted by Gasteiger charge is -2.08. The summed E-state index contributed by atoms with van der Waals surface area (Å²) in [6.07, 6.45) is 1.17. The summed E-state index contributed by atoms with van der Waals surface area (Å²) in [5.41, 5.74) is 2.32. The zero-order chi connectivity index (χ0) is 21.8. The summed E-state index contributed by atoms with van der Waals surface area (Å²) in [7, 11) is 0. The number of amides is 1. The number of ketones is 1. The van der Waals surface area contributed by atoms with E-state index in [2.05, 4.69) is 15.5 Å². The van der Waals surface area contributed by atoms with Gasteiger partial charge in [0.25, 0.3) is 5.69 Å². The van der Waals surface area contributed by atoms with Crippen LogP contribution in [0, 0.1) is 24.0 Å². The van der Waals surface area contributed by atoms with Crippen LogP contribution in [0.3, 0.4) is 0 Å². The van der Waals surface area contributed by atoms with Crippen molar-refractivity contribution in [2.75, 3.05) is 0 Å².